The number of carbonyl (C=O) groups excluding carboxylic acids is 1. The van der Waals surface area contributed by atoms with E-state index in [9.17, 15) is 4.79 Å². The van der Waals surface area contributed by atoms with E-state index in [4.69, 9.17) is 10.5 Å². The number of hydrogen-bond acceptors (Lipinski definition) is 3. The fourth-order valence-corrected chi connectivity index (χ4v) is 3.31. The minimum Gasteiger partial charge on any atom is -0.377 e. The summed E-state index contributed by atoms with van der Waals surface area (Å²) in [5.41, 5.74) is 5.80. The van der Waals surface area contributed by atoms with Gasteiger partial charge in [0.15, 0.2) is 0 Å². The molecule has 2 fully saturated rings. The van der Waals surface area contributed by atoms with Gasteiger partial charge < -0.3 is 15.4 Å². The number of nitrogens with zero attached hydrogens (tertiary/aromatic N) is 1. The van der Waals surface area contributed by atoms with Crippen LogP contribution in [0.25, 0.3) is 0 Å². The summed E-state index contributed by atoms with van der Waals surface area (Å²) in [4.78, 5) is 14.7. The monoisotopic (exact) mass is 254 g/mol. The second-order valence-corrected chi connectivity index (χ2v) is 5.89. The van der Waals surface area contributed by atoms with Gasteiger partial charge >= 0.3 is 0 Å². The summed E-state index contributed by atoms with van der Waals surface area (Å²) >= 11 is 0. The summed E-state index contributed by atoms with van der Waals surface area (Å²) < 4.78 is 5.66. The van der Waals surface area contributed by atoms with Crippen LogP contribution >= 0.6 is 0 Å². The fraction of sp³-hybridized carbons (Fsp3) is 0.929. The topological polar surface area (TPSA) is 55.6 Å². The Balaban J connectivity index is 2.00. The van der Waals surface area contributed by atoms with Gasteiger partial charge in [0.25, 0.3) is 0 Å². The number of hydrogen-bond donors (Lipinski definition) is 1. The van der Waals surface area contributed by atoms with Crippen LogP contribution in [0, 0.1) is 5.41 Å². The van der Waals surface area contributed by atoms with Crippen molar-refractivity contribution in [1.82, 2.24) is 4.90 Å². The SMILES string of the molecule is CCOC1CCCN(C(=O)C2(C)CCCC2N)C1. The van der Waals surface area contributed by atoms with Crippen molar-refractivity contribution in [3.63, 3.8) is 0 Å². The summed E-state index contributed by atoms with van der Waals surface area (Å²) in [6.45, 7) is 6.38. The molecule has 0 aromatic heterocycles. The van der Waals surface area contributed by atoms with Gasteiger partial charge in [-0.05, 0) is 39.5 Å². The van der Waals surface area contributed by atoms with Gasteiger partial charge in [-0.15, -0.1) is 0 Å². The fourth-order valence-electron chi connectivity index (χ4n) is 3.31. The first-order valence-electron chi connectivity index (χ1n) is 7.24. The number of carbonyl (C=O) groups is 1. The number of amides is 1. The molecular formula is C14H26N2O2. The van der Waals surface area contributed by atoms with Crippen LogP contribution in [0.15, 0.2) is 0 Å². The predicted octanol–water partition coefficient (Wildman–Crippen LogP) is 1.53. The van der Waals surface area contributed by atoms with Crippen LogP contribution in [0.4, 0.5) is 0 Å². The standard InChI is InChI=1S/C14H26N2O2/c1-3-18-11-6-5-9-16(10-11)13(17)14(2)8-4-7-12(14)15/h11-12H,3-10,15H2,1-2H3. The number of rotatable bonds is 3. The maximum atomic E-state index is 12.7. The van der Waals surface area contributed by atoms with E-state index in [2.05, 4.69) is 0 Å². The van der Waals surface area contributed by atoms with E-state index in [-0.39, 0.29) is 23.5 Å². The van der Waals surface area contributed by atoms with E-state index in [1.807, 2.05) is 18.7 Å². The van der Waals surface area contributed by atoms with Crippen LogP contribution in [0.3, 0.4) is 0 Å². The van der Waals surface area contributed by atoms with Crippen LogP contribution < -0.4 is 5.73 Å². The van der Waals surface area contributed by atoms with Crippen molar-refractivity contribution < 1.29 is 9.53 Å². The van der Waals surface area contributed by atoms with Crippen molar-refractivity contribution in [2.24, 2.45) is 11.1 Å². The van der Waals surface area contributed by atoms with Gasteiger partial charge in [-0.3, -0.25) is 4.79 Å². The van der Waals surface area contributed by atoms with Crippen LogP contribution in [-0.2, 0) is 9.53 Å². The van der Waals surface area contributed by atoms with E-state index in [1.165, 1.54) is 0 Å². The summed E-state index contributed by atoms with van der Waals surface area (Å²) in [5.74, 6) is 0.247. The van der Waals surface area contributed by atoms with Crippen LogP contribution in [-0.4, -0.2) is 42.6 Å². The Morgan fingerprint density at radius 1 is 1.44 bits per heavy atom. The average molecular weight is 254 g/mol. The number of likely N-dealkylation sites (tertiary alicyclic amines) is 1. The van der Waals surface area contributed by atoms with Crippen molar-refractivity contribution in [2.45, 2.75) is 58.1 Å². The predicted molar refractivity (Wildman–Crippen MR) is 71.2 cm³/mol. The van der Waals surface area contributed by atoms with Crippen molar-refractivity contribution in [1.29, 1.82) is 0 Å². The van der Waals surface area contributed by atoms with Crippen LogP contribution in [0.5, 0.6) is 0 Å². The van der Waals surface area contributed by atoms with E-state index in [0.29, 0.717) is 0 Å². The largest absolute Gasteiger partial charge is 0.377 e. The Hall–Kier alpha value is -0.610. The molecule has 2 rings (SSSR count). The normalized spacial score (nSPS) is 36.9. The Morgan fingerprint density at radius 3 is 2.83 bits per heavy atom. The molecule has 4 heteroatoms. The second kappa shape index (κ2) is 5.57. The third-order valence-electron chi connectivity index (χ3n) is 4.59. The molecule has 1 saturated heterocycles. The first-order chi connectivity index (χ1) is 8.58. The molecule has 0 spiro atoms. The van der Waals surface area contributed by atoms with Gasteiger partial charge in [-0.2, -0.15) is 0 Å². The quantitative estimate of drug-likeness (QED) is 0.831. The Labute approximate surface area is 110 Å². The van der Waals surface area contributed by atoms with E-state index in [0.717, 1.165) is 51.8 Å². The molecule has 2 N–H and O–H groups in total. The molecule has 18 heavy (non-hydrogen) atoms. The van der Waals surface area contributed by atoms with Gasteiger partial charge in [0, 0.05) is 25.7 Å². The molecule has 1 saturated carbocycles. The first-order valence-corrected chi connectivity index (χ1v) is 7.24. The summed E-state index contributed by atoms with van der Waals surface area (Å²) in [6.07, 6.45) is 5.32. The van der Waals surface area contributed by atoms with Crippen molar-refractivity contribution in [3.8, 4) is 0 Å². The summed E-state index contributed by atoms with van der Waals surface area (Å²) in [7, 11) is 0. The number of ether oxygens (including phenoxy) is 1. The zero-order valence-electron chi connectivity index (χ0n) is 11.7. The third kappa shape index (κ3) is 2.54. The Morgan fingerprint density at radius 2 is 2.22 bits per heavy atom. The van der Waals surface area contributed by atoms with Crippen LogP contribution in [0.1, 0.15) is 46.0 Å². The summed E-state index contributed by atoms with van der Waals surface area (Å²) in [5, 5.41) is 0. The van der Waals surface area contributed by atoms with E-state index >= 15 is 0 Å². The highest BCUT2D eigenvalue weighted by molar-refractivity contribution is 5.83. The lowest BCUT2D eigenvalue weighted by Crippen LogP contribution is -2.53. The maximum Gasteiger partial charge on any atom is 0.230 e. The summed E-state index contributed by atoms with van der Waals surface area (Å²) in [6, 6.07) is 0.0254. The Bertz CT molecular complexity index is 306. The molecule has 0 radical (unpaired) electrons. The lowest BCUT2D eigenvalue weighted by Gasteiger charge is -2.39. The molecule has 1 aliphatic carbocycles. The lowest BCUT2D eigenvalue weighted by molar-refractivity contribution is -0.145. The maximum absolute atomic E-state index is 12.7. The number of piperidine rings is 1. The van der Waals surface area contributed by atoms with Gasteiger partial charge in [-0.25, -0.2) is 0 Å². The molecule has 3 atom stereocenters. The minimum atomic E-state index is -0.339. The molecule has 0 bridgehead atoms. The molecule has 1 heterocycles. The van der Waals surface area contributed by atoms with Gasteiger partial charge in [0.2, 0.25) is 5.91 Å². The zero-order valence-corrected chi connectivity index (χ0v) is 11.7. The smallest absolute Gasteiger partial charge is 0.230 e. The molecule has 0 aromatic carbocycles. The van der Waals surface area contributed by atoms with E-state index in [1.54, 1.807) is 0 Å². The lowest BCUT2D eigenvalue weighted by atomic mass is 9.83. The van der Waals surface area contributed by atoms with Gasteiger partial charge in [-0.1, -0.05) is 6.42 Å². The molecule has 1 amide bonds. The van der Waals surface area contributed by atoms with Gasteiger partial charge in [0.1, 0.15) is 0 Å². The molecule has 4 nitrogen and oxygen atoms in total. The zero-order chi connectivity index (χ0) is 13.2. The van der Waals surface area contributed by atoms with Crippen molar-refractivity contribution in [2.75, 3.05) is 19.7 Å². The highest BCUT2D eigenvalue weighted by atomic mass is 16.5. The highest BCUT2D eigenvalue weighted by Gasteiger charge is 2.45. The molecular weight excluding hydrogens is 228 g/mol. The van der Waals surface area contributed by atoms with Crippen molar-refractivity contribution in [3.05, 3.63) is 0 Å². The number of nitrogens with two attached hydrogens (primary N) is 1. The third-order valence-corrected chi connectivity index (χ3v) is 4.59. The molecule has 3 unspecified atom stereocenters. The molecule has 104 valence electrons. The molecule has 1 aliphatic heterocycles. The van der Waals surface area contributed by atoms with Crippen molar-refractivity contribution >= 4 is 5.91 Å². The van der Waals surface area contributed by atoms with E-state index < -0.39 is 0 Å². The van der Waals surface area contributed by atoms with Gasteiger partial charge in [0.05, 0.1) is 11.5 Å². The minimum absolute atomic E-state index is 0.0254. The Kier molecular flexibility index (Phi) is 4.28. The molecule has 2 aliphatic rings. The average Bonchev–Trinajstić information content (AvgIpc) is 2.71. The highest BCUT2D eigenvalue weighted by Crippen LogP contribution is 2.38. The molecule has 0 aromatic rings. The second-order valence-electron chi connectivity index (χ2n) is 5.89. The first kappa shape index (κ1) is 13.8. The van der Waals surface area contributed by atoms with Crippen LogP contribution in [0.2, 0.25) is 0 Å².